The smallest absolute Gasteiger partial charge is 0.401 e. The van der Waals surface area contributed by atoms with Crippen LogP contribution in [-0.4, -0.2) is 47.8 Å². The summed E-state index contributed by atoms with van der Waals surface area (Å²) in [6.07, 6.45) is -2.23. The first-order valence-corrected chi connectivity index (χ1v) is 7.76. The molecule has 1 saturated heterocycles. The fourth-order valence-electron chi connectivity index (χ4n) is 2.93. The molecule has 24 heavy (non-hydrogen) atoms. The molecule has 3 rings (SSSR count). The molecule has 0 aliphatic carbocycles. The van der Waals surface area contributed by atoms with Crippen LogP contribution in [0.3, 0.4) is 0 Å². The van der Waals surface area contributed by atoms with Gasteiger partial charge in [-0.3, -0.25) is 4.90 Å². The maximum absolute atomic E-state index is 12.4. The first-order valence-electron chi connectivity index (χ1n) is 7.76. The minimum absolute atomic E-state index is 0.242. The standard InChI is InChI=1S/C17H17F3N2O2/c18-17(19,20)11-22-9-6-13(7-10-22)24-16(23)15-14-4-2-1-3-12(14)5-8-21-15/h1-5,8,13H,6-7,9-11H2. The predicted molar refractivity (Wildman–Crippen MR) is 82.7 cm³/mol. The van der Waals surface area contributed by atoms with E-state index < -0.39 is 18.7 Å². The molecular formula is C17H17F3N2O2. The highest BCUT2D eigenvalue weighted by atomic mass is 19.4. The Hall–Kier alpha value is -2.15. The number of rotatable bonds is 3. The van der Waals surface area contributed by atoms with Crippen LogP contribution in [0, 0.1) is 0 Å². The lowest BCUT2D eigenvalue weighted by Gasteiger charge is -2.31. The number of pyridine rings is 1. The fourth-order valence-corrected chi connectivity index (χ4v) is 2.93. The molecule has 0 bridgehead atoms. The number of nitrogens with zero attached hydrogens (tertiary/aromatic N) is 2. The van der Waals surface area contributed by atoms with Crippen molar-refractivity contribution in [2.75, 3.05) is 19.6 Å². The van der Waals surface area contributed by atoms with Gasteiger partial charge in [-0.2, -0.15) is 13.2 Å². The number of benzene rings is 1. The molecule has 0 radical (unpaired) electrons. The van der Waals surface area contributed by atoms with Crippen molar-refractivity contribution in [3.8, 4) is 0 Å². The minimum Gasteiger partial charge on any atom is -0.458 e. The molecule has 1 aromatic heterocycles. The zero-order valence-electron chi connectivity index (χ0n) is 12.9. The van der Waals surface area contributed by atoms with Gasteiger partial charge in [-0.1, -0.05) is 24.3 Å². The zero-order valence-corrected chi connectivity index (χ0v) is 12.9. The van der Waals surface area contributed by atoms with Gasteiger partial charge in [-0.15, -0.1) is 0 Å². The number of carbonyl (C=O) groups excluding carboxylic acids is 1. The highest BCUT2D eigenvalue weighted by Crippen LogP contribution is 2.22. The van der Waals surface area contributed by atoms with Crippen molar-refractivity contribution in [1.82, 2.24) is 9.88 Å². The Bertz CT molecular complexity index is 720. The molecule has 1 aromatic carbocycles. The average Bonchev–Trinajstić information content (AvgIpc) is 2.55. The van der Waals surface area contributed by atoms with Crippen LogP contribution in [-0.2, 0) is 4.74 Å². The molecule has 0 unspecified atom stereocenters. The number of carbonyl (C=O) groups is 1. The van der Waals surface area contributed by atoms with E-state index in [4.69, 9.17) is 4.74 Å². The molecule has 0 amide bonds. The zero-order chi connectivity index (χ0) is 17.2. The van der Waals surface area contributed by atoms with E-state index in [1.54, 1.807) is 12.3 Å². The summed E-state index contributed by atoms with van der Waals surface area (Å²) in [6.45, 7) is -0.389. The molecule has 0 N–H and O–H groups in total. The molecule has 0 spiro atoms. The number of esters is 1. The van der Waals surface area contributed by atoms with Crippen LogP contribution in [0.15, 0.2) is 36.5 Å². The van der Waals surface area contributed by atoms with Gasteiger partial charge >= 0.3 is 12.1 Å². The van der Waals surface area contributed by atoms with E-state index in [1.165, 1.54) is 4.90 Å². The summed E-state index contributed by atoms with van der Waals surface area (Å²) in [4.78, 5) is 17.8. The summed E-state index contributed by atoms with van der Waals surface area (Å²) in [5.41, 5.74) is 0.242. The van der Waals surface area contributed by atoms with Crippen LogP contribution in [0.25, 0.3) is 10.8 Å². The molecule has 0 atom stereocenters. The Morgan fingerprint density at radius 1 is 1.21 bits per heavy atom. The molecule has 2 aromatic rings. The lowest BCUT2D eigenvalue weighted by atomic mass is 10.1. The van der Waals surface area contributed by atoms with E-state index >= 15 is 0 Å². The van der Waals surface area contributed by atoms with Crippen LogP contribution < -0.4 is 0 Å². The monoisotopic (exact) mass is 338 g/mol. The van der Waals surface area contributed by atoms with Crippen molar-refractivity contribution in [2.24, 2.45) is 0 Å². The third kappa shape index (κ3) is 4.03. The third-order valence-electron chi connectivity index (χ3n) is 4.08. The molecule has 1 aliphatic rings. The van der Waals surface area contributed by atoms with Crippen molar-refractivity contribution < 1.29 is 22.7 Å². The second kappa shape index (κ2) is 6.76. The van der Waals surface area contributed by atoms with Crippen LogP contribution in [0.5, 0.6) is 0 Å². The Balaban J connectivity index is 1.62. The first kappa shape index (κ1) is 16.7. The van der Waals surface area contributed by atoms with Crippen LogP contribution in [0.2, 0.25) is 0 Å². The van der Waals surface area contributed by atoms with Gasteiger partial charge in [0.1, 0.15) is 6.10 Å². The van der Waals surface area contributed by atoms with Gasteiger partial charge in [0.25, 0.3) is 0 Å². The van der Waals surface area contributed by atoms with Crippen LogP contribution >= 0.6 is 0 Å². The summed E-state index contributed by atoms with van der Waals surface area (Å²) < 4.78 is 42.6. The maximum Gasteiger partial charge on any atom is 0.401 e. The normalized spacial score (nSPS) is 17.1. The summed E-state index contributed by atoms with van der Waals surface area (Å²) >= 11 is 0. The fraction of sp³-hybridized carbons (Fsp3) is 0.412. The SMILES string of the molecule is O=C(OC1CCN(CC(F)(F)F)CC1)c1nccc2ccccc12. The average molecular weight is 338 g/mol. The molecule has 4 nitrogen and oxygen atoms in total. The Labute approximate surface area is 137 Å². The number of hydrogen-bond donors (Lipinski definition) is 0. The summed E-state index contributed by atoms with van der Waals surface area (Å²) in [7, 11) is 0. The number of aromatic nitrogens is 1. The summed E-state index contributed by atoms with van der Waals surface area (Å²) in [5, 5.41) is 1.60. The van der Waals surface area contributed by atoms with Gasteiger partial charge in [-0.25, -0.2) is 9.78 Å². The number of likely N-dealkylation sites (tertiary alicyclic amines) is 1. The quantitative estimate of drug-likeness (QED) is 0.805. The van der Waals surface area contributed by atoms with Gasteiger partial charge in [-0.05, 0) is 24.3 Å². The van der Waals surface area contributed by atoms with Gasteiger partial charge in [0, 0.05) is 24.7 Å². The van der Waals surface area contributed by atoms with E-state index in [0.717, 1.165) is 5.39 Å². The number of hydrogen-bond acceptors (Lipinski definition) is 4. The Morgan fingerprint density at radius 3 is 2.62 bits per heavy atom. The topological polar surface area (TPSA) is 42.4 Å². The molecule has 1 aliphatic heterocycles. The van der Waals surface area contributed by atoms with Crippen LogP contribution in [0.4, 0.5) is 13.2 Å². The highest BCUT2D eigenvalue weighted by molar-refractivity contribution is 6.02. The maximum atomic E-state index is 12.4. The third-order valence-corrected chi connectivity index (χ3v) is 4.08. The number of alkyl halides is 3. The lowest BCUT2D eigenvalue weighted by Crippen LogP contribution is -2.42. The number of ether oxygens (including phenoxy) is 1. The van der Waals surface area contributed by atoms with Gasteiger partial charge in [0.05, 0.1) is 6.54 Å². The summed E-state index contributed by atoms with van der Waals surface area (Å²) in [6, 6.07) is 9.17. The van der Waals surface area contributed by atoms with Gasteiger partial charge < -0.3 is 4.74 Å². The number of fused-ring (bicyclic) bond motifs is 1. The molecular weight excluding hydrogens is 321 g/mol. The van der Waals surface area contributed by atoms with Crippen LogP contribution in [0.1, 0.15) is 23.3 Å². The molecule has 0 saturated carbocycles. The predicted octanol–water partition coefficient (Wildman–Crippen LogP) is 3.42. The van der Waals surface area contributed by atoms with Gasteiger partial charge in [0.2, 0.25) is 0 Å². The van der Waals surface area contributed by atoms with Crippen molar-refractivity contribution in [2.45, 2.75) is 25.1 Å². The second-order valence-electron chi connectivity index (χ2n) is 5.88. The molecule has 7 heteroatoms. The van der Waals surface area contributed by atoms with Crippen molar-refractivity contribution in [3.63, 3.8) is 0 Å². The lowest BCUT2D eigenvalue weighted by molar-refractivity contribution is -0.150. The van der Waals surface area contributed by atoms with E-state index in [1.807, 2.05) is 24.3 Å². The van der Waals surface area contributed by atoms with Gasteiger partial charge in [0.15, 0.2) is 5.69 Å². The van der Waals surface area contributed by atoms with E-state index in [-0.39, 0.29) is 24.9 Å². The van der Waals surface area contributed by atoms with Crippen molar-refractivity contribution in [1.29, 1.82) is 0 Å². The molecule has 1 fully saturated rings. The van der Waals surface area contributed by atoms with Crippen molar-refractivity contribution >= 4 is 16.7 Å². The largest absolute Gasteiger partial charge is 0.458 e. The summed E-state index contributed by atoms with van der Waals surface area (Å²) in [5.74, 6) is -0.527. The molecule has 128 valence electrons. The number of halogens is 3. The number of piperidine rings is 1. The van der Waals surface area contributed by atoms with E-state index in [2.05, 4.69) is 4.98 Å². The van der Waals surface area contributed by atoms with Crippen molar-refractivity contribution in [3.05, 3.63) is 42.2 Å². The Kier molecular flexibility index (Phi) is 4.71. The Morgan fingerprint density at radius 2 is 1.92 bits per heavy atom. The first-order chi connectivity index (χ1) is 11.4. The highest BCUT2D eigenvalue weighted by Gasteiger charge is 2.33. The van der Waals surface area contributed by atoms with E-state index in [9.17, 15) is 18.0 Å². The minimum atomic E-state index is -4.20. The second-order valence-corrected chi connectivity index (χ2v) is 5.88. The molecule has 2 heterocycles. The van der Waals surface area contributed by atoms with E-state index in [0.29, 0.717) is 18.2 Å².